The van der Waals surface area contributed by atoms with Crippen molar-refractivity contribution < 1.29 is 4.79 Å². The minimum absolute atomic E-state index is 0.280. The number of nitrogens with zero attached hydrogens (tertiary/aromatic N) is 1. The maximum atomic E-state index is 12.6. The molecule has 2 heterocycles. The summed E-state index contributed by atoms with van der Waals surface area (Å²) in [5.41, 5.74) is 4.67. The highest BCUT2D eigenvalue weighted by Crippen LogP contribution is 2.24. The Bertz CT molecular complexity index is 649. The van der Waals surface area contributed by atoms with Gasteiger partial charge in [-0.3, -0.25) is 4.79 Å². The third-order valence-corrected chi connectivity index (χ3v) is 4.56. The molecule has 0 bridgehead atoms. The van der Waals surface area contributed by atoms with Crippen LogP contribution in [-0.2, 0) is 11.2 Å². The lowest BCUT2D eigenvalue weighted by molar-refractivity contribution is -0.130. The molecule has 0 saturated carbocycles. The van der Waals surface area contributed by atoms with E-state index in [9.17, 15) is 4.79 Å². The van der Waals surface area contributed by atoms with E-state index in [-0.39, 0.29) is 5.91 Å². The van der Waals surface area contributed by atoms with Crippen molar-refractivity contribution in [1.82, 2.24) is 9.88 Å². The number of hydrogen-bond acceptors (Lipinski definition) is 1. The topological polar surface area (TPSA) is 36.1 Å². The summed E-state index contributed by atoms with van der Waals surface area (Å²) in [5, 5.41) is 1.20. The first kappa shape index (κ1) is 14.2. The molecule has 1 aliphatic rings. The van der Waals surface area contributed by atoms with Gasteiger partial charge in [-0.1, -0.05) is 24.5 Å². The number of likely N-dealkylation sites (tertiary alicyclic amines) is 1. The molecule has 1 aromatic heterocycles. The molecule has 1 aliphatic heterocycles. The zero-order valence-corrected chi connectivity index (χ0v) is 13.0. The van der Waals surface area contributed by atoms with Crippen LogP contribution in [0.3, 0.4) is 0 Å². The number of aryl methyl sites for hydroxylation is 2. The quantitative estimate of drug-likeness (QED) is 0.896. The summed E-state index contributed by atoms with van der Waals surface area (Å²) in [7, 11) is 0. The summed E-state index contributed by atoms with van der Waals surface area (Å²) in [4.78, 5) is 18.1. The number of carbonyl (C=O) groups excluding carboxylic acids is 1. The van der Waals surface area contributed by atoms with Gasteiger partial charge in [-0.05, 0) is 44.4 Å². The van der Waals surface area contributed by atoms with Gasteiger partial charge in [-0.25, -0.2) is 0 Å². The SMILES string of the molecule is Cc1ccc2[nH]c(C)c(CC(=O)N3CCCCCC3)c2c1. The number of aromatic amines is 1. The number of amides is 1. The fourth-order valence-electron chi connectivity index (χ4n) is 3.31. The van der Waals surface area contributed by atoms with E-state index >= 15 is 0 Å². The average molecular weight is 284 g/mol. The molecular formula is C18H24N2O. The second kappa shape index (κ2) is 5.92. The predicted molar refractivity (Wildman–Crippen MR) is 86.5 cm³/mol. The summed E-state index contributed by atoms with van der Waals surface area (Å²) in [5.74, 6) is 0.280. The number of rotatable bonds is 2. The van der Waals surface area contributed by atoms with E-state index < -0.39 is 0 Å². The van der Waals surface area contributed by atoms with Crippen LogP contribution in [0.1, 0.15) is 42.5 Å². The van der Waals surface area contributed by atoms with Gasteiger partial charge in [0, 0.05) is 29.7 Å². The maximum Gasteiger partial charge on any atom is 0.227 e. The van der Waals surface area contributed by atoms with Gasteiger partial charge in [0.25, 0.3) is 0 Å². The van der Waals surface area contributed by atoms with Crippen molar-refractivity contribution >= 4 is 16.8 Å². The second-order valence-corrected chi connectivity index (χ2v) is 6.25. The van der Waals surface area contributed by atoms with E-state index in [4.69, 9.17) is 0 Å². The van der Waals surface area contributed by atoms with Gasteiger partial charge in [0.15, 0.2) is 0 Å². The highest BCUT2D eigenvalue weighted by Gasteiger charge is 2.18. The van der Waals surface area contributed by atoms with E-state index in [0.717, 1.165) is 37.1 Å². The van der Waals surface area contributed by atoms with Crippen LogP contribution in [0.5, 0.6) is 0 Å². The molecule has 0 atom stereocenters. The number of H-pyrrole nitrogens is 1. The summed E-state index contributed by atoms with van der Waals surface area (Å²) in [6.07, 6.45) is 5.34. The van der Waals surface area contributed by atoms with Crippen LogP contribution in [0.2, 0.25) is 0 Å². The van der Waals surface area contributed by atoms with Gasteiger partial charge in [0.2, 0.25) is 5.91 Å². The largest absolute Gasteiger partial charge is 0.358 e. The molecule has 0 aliphatic carbocycles. The van der Waals surface area contributed by atoms with Crippen molar-refractivity contribution in [3.8, 4) is 0 Å². The van der Waals surface area contributed by atoms with Gasteiger partial charge >= 0.3 is 0 Å². The Labute approximate surface area is 126 Å². The Hall–Kier alpha value is -1.77. The summed E-state index contributed by atoms with van der Waals surface area (Å²) in [6.45, 7) is 6.03. The fraction of sp³-hybridized carbons (Fsp3) is 0.500. The van der Waals surface area contributed by atoms with Crippen molar-refractivity contribution in [2.24, 2.45) is 0 Å². The molecule has 112 valence electrons. The standard InChI is InChI=1S/C18H24N2O/c1-13-7-8-17-16(11-13)15(14(2)19-17)12-18(21)20-9-5-3-4-6-10-20/h7-8,11,19H,3-6,9-10,12H2,1-2H3. The lowest BCUT2D eigenvalue weighted by atomic mass is 10.1. The molecule has 0 unspecified atom stereocenters. The molecule has 1 saturated heterocycles. The number of carbonyl (C=O) groups is 1. The number of hydrogen-bond donors (Lipinski definition) is 1. The fourth-order valence-corrected chi connectivity index (χ4v) is 3.31. The molecule has 3 rings (SSSR count). The lowest BCUT2D eigenvalue weighted by Crippen LogP contribution is -2.33. The van der Waals surface area contributed by atoms with Gasteiger partial charge in [0.05, 0.1) is 6.42 Å². The van der Waals surface area contributed by atoms with E-state index in [1.165, 1.54) is 29.4 Å². The molecule has 1 N–H and O–H groups in total. The molecule has 21 heavy (non-hydrogen) atoms. The molecule has 0 spiro atoms. The van der Waals surface area contributed by atoms with E-state index in [2.05, 4.69) is 41.9 Å². The Morgan fingerprint density at radius 2 is 1.86 bits per heavy atom. The molecule has 1 fully saturated rings. The monoisotopic (exact) mass is 284 g/mol. The van der Waals surface area contributed by atoms with E-state index in [1.807, 2.05) is 0 Å². The van der Waals surface area contributed by atoms with Crippen molar-refractivity contribution in [3.63, 3.8) is 0 Å². The van der Waals surface area contributed by atoms with Gasteiger partial charge in [-0.2, -0.15) is 0 Å². The van der Waals surface area contributed by atoms with Crippen molar-refractivity contribution in [1.29, 1.82) is 0 Å². The normalized spacial score (nSPS) is 16.2. The van der Waals surface area contributed by atoms with Crippen LogP contribution >= 0.6 is 0 Å². The highest BCUT2D eigenvalue weighted by molar-refractivity contribution is 5.90. The summed E-state index contributed by atoms with van der Waals surface area (Å²) in [6, 6.07) is 6.40. The third-order valence-electron chi connectivity index (χ3n) is 4.56. The maximum absolute atomic E-state index is 12.6. The van der Waals surface area contributed by atoms with Crippen LogP contribution in [0.15, 0.2) is 18.2 Å². The highest BCUT2D eigenvalue weighted by atomic mass is 16.2. The zero-order chi connectivity index (χ0) is 14.8. The number of aromatic nitrogens is 1. The zero-order valence-electron chi connectivity index (χ0n) is 13.0. The van der Waals surface area contributed by atoms with Crippen LogP contribution in [-0.4, -0.2) is 28.9 Å². The van der Waals surface area contributed by atoms with Crippen molar-refractivity contribution in [2.75, 3.05) is 13.1 Å². The van der Waals surface area contributed by atoms with E-state index in [1.54, 1.807) is 0 Å². The predicted octanol–water partition coefficient (Wildman–Crippen LogP) is 3.73. The molecule has 1 amide bonds. The van der Waals surface area contributed by atoms with Crippen LogP contribution in [0, 0.1) is 13.8 Å². The third kappa shape index (κ3) is 2.97. The Balaban J connectivity index is 1.85. The van der Waals surface area contributed by atoms with Crippen molar-refractivity contribution in [2.45, 2.75) is 46.0 Å². The van der Waals surface area contributed by atoms with Crippen molar-refractivity contribution in [3.05, 3.63) is 35.0 Å². The number of fused-ring (bicyclic) bond motifs is 1. The smallest absolute Gasteiger partial charge is 0.227 e. The summed E-state index contributed by atoms with van der Waals surface area (Å²) >= 11 is 0. The molecule has 3 nitrogen and oxygen atoms in total. The van der Waals surface area contributed by atoms with Gasteiger partial charge in [0.1, 0.15) is 0 Å². The lowest BCUT2D eigenvalue weighted by Gasteiger charge is -2.20. The van der Waals surface area contributed by atoms with Gasteiger partial charge in [-0.15, -0.1) is 0 Å². The van der Waals surface area contributed by atoms with Crippen LogP contribution < -0.4 is 0 Å². The molecule has 2 aromatic rings. The molecule has 1 aromatic carbocycles. The Kier molecular flexibility index (Phi) is 4.00. The number of nitrogens with one attached hydrogen (secondary N) is 1. The first-order valence-electron chi connectivity index (χ1n) is 8.01. The molecule has 0 radical (unpaired) electrons. The van der Waals surface area contributed by atoms with Crippen LogP contribution in [0.25, 0.3) is 10.9 Å². The van der Waals surface area contributed by atoms with Gasteiger partial charge < -0.3 is 9.88 Å². The Morgan fingerprint density at radius 1 is 1.14 bits per heavy atom. The van der Waals surface area contributed by atoms with E-state index in [0.29, 0.717) is 6.42 Å². The minimum atomic E-state index is 0.280. The average Bonchev–Trinajstić information content (AvgIpc) is 2.68. The first-order chi connectivity index (χ1) is 10.1. The first-order valence-corrected chi connectivity index (χ1v) is 8.01. The minimum Gasteiger partial charge on any atom is -0.358 e. The summed E-state index contributed by atoms with van der Waals surface area (Å²) < 4.78 is 0. The number of benzene rings is 1. The molecular weight excluding hydrogens is 260 g/mol. The van der Waals surface area contributed by atoms with Crippen LogP contribution in [0.4, 0.5) is 0 Å². The second-order valence-electron chi connectivity index (χ2n) is 6.25. The Morgan fingerprint density at radius 3 is 2.57 bits per heavy atom. The molecule has 3 heteroatoms.